The summed E-state index contributed by atoms with van der Waals surface area (Å²) < 4.78 is 6.91. The van der Waals surface area contributed by atoms with Crippen LogP contribution < -0.4 is 15.5 Å². The van der Waals surface area contributed by atoms with Crippen LogP contribution in [-0.4, -0.2) is 72.8 Å². The number of carbonyl (C=O) groups excluding carboxylic acids is 2. The Morgan fingerprint density at radius 1 is 1.02 bits per heavy atom. The minimum Gasteiger partial charge on any atom is -0.385 e. The van der Waals surface area contributed by atoms with Crippen LogP contribution in [0.2, 0.25) is 0 Å². The molecule has 9 nitrogen and oxygen atoms in total. The Balaban J connectivity index is 1.31. The zero-order valence-electron chi connectivity index (χ0n) is 25.5. The van der Waals surface area contributed by atoms with Gasteiger partial charge < -0.3 is 25.2 Å². The van der Waals surface area contributed by atoms with Gasteiger partial charge >= 0.3 is 6.03 Å². The molecule has 9 heteroatoms. The number of nitrogens with zero attached hydrogens (tertiary/aromatic N) is 4. The smallest absolute Gasteiger partial charge is 0.325 e. The van der Waals surface area contributed by atoms with Crippen LogP contribution in [0.15, 0.2) is 73.1 Å². The van der Waals surface area contributed by atoms with Crippen LogP contribution in [-0.2, 0) is 4.74 Å². The average molecular weight is 583 g/mol. The topological polar surface area (TPSA) is 91.7 Å². The second-order valence-electron chi connectivity index (χ2n) is 11.4. The van der Waals surface area contributed by atoms with E-state index < -0.39 is 0 Å². The molecule has 1 aliphatic rings. The van der Waals surface area contributed by atoms with Gasteiger partial charge in [0.15, 0.2) is 0 Å². The molecule has 1 aliphatic heterocycles. The maximum absolute atomic E-state index is 13.2. The molecular formula is C34H42N6O3. The van der Waals surface area contributed by atoms with Crippen molar-refractivity contribution in [2.45, 2.75) is 45.1 Å². The minimum atomic E-state index is -0.186. The molecule has 0 unspecified atom stereocenters. The predicted octanol–water partition coefficient (Wildman–Crippen LogP) is 6.24. The van der Waals surface area contributed by atoms with Gasteiger partial charge in [0.05, 0.1) is 5.52 Å². The lowest BCUT2D eigenvalue weighted by molar-refractivity contribution is 0.102. The molecule has 0 atom stereocenters. The molecule has 2 N–H and O–H groups in total. The molecule has 5 rings (SSSR count). The summed E-state index contributed by atoms with van der Waals surface area (Å²) in [5.41, 5.74) is 4.61. The molecule has 0 spiro atoms. The highest BCUT2D eigenvalue weighted by Gasteiger charge is 2.22. The summed E-state index contributed by atoms with van der Waals surface area (Å²) in [6.07, 6.45) is 6.58. The van der Waals surface area contributed by atoms with Crippen LogP contribution in [0.5, 0.6) is 0 Å². The number of fused-ring (bicyclic) bond motifs is 1. The molecule has 0 saturated carbocycles. The predicted molar refractivity (Wildman–Crippen MR) is 173 cm³/mol. The van der Waals surface area contributed by atoms with Crippen molar-refractivity contribution in [1.29, 1.82) is 0 Å². The number of methoxy groups -OCH3 is 1. The molecule has 2 aromatic heterocycles. The van der Waals surface area contributed by atoms with Gasteiger partial charge in [0.25, 0.3) is 5.91 Å². The number of rotatable bonds is 10. The van der Waals surface area contributed by atoms with E-state index in [1.807, 2.05) is 42.5 Å². The van der Waals surface area contributed by atoms with Crippen LogP contribution in [0, 0.1) is 0 Å². The Bertz CT molecular complexity index is 1540. The van der Waals surface area contributed by atoms with Gasteiger partial charge in [-0.15, -0.1) is 0 Å². The lowest BCUT2D eigenvalue weighted by Gasteiger charge is -2.34. The molecular weight excluding hydrogens is 540 g/mol. The minimum absolute atomic E-state index is 0.184. The van der Waals surface area contributed by atoms with Gasteiger partial charge in [-0.25, -0.2) is 9.78 Å². The number of ether oxygens (including phenoxy) is 1. The first-order valence-electron chi connectivity index (χ1n) is 15.1. The van der Waals surface area contributed by atoms with Crippen molar-refractivity contribution in [3.63, 3.8) is 0 Å². The van der Waals surface area contributed by atoms with E-state index in [1.165, 1.54) is 5.56 Å². The number of piperidine rings is 1. The largest absolute Gasteiger partial charge is 0.385 e. The first kappa shape index (κ1) is 30.3. The van der Waals surface area contributed by atoms with Gasteiger partial charge in [0.1, 0.15) is 5.82 Å². The maximum atomic E-state index is 13.2. The fourth-order valence-corrected chi connectivity index (χ4v) is 5.87. The number of pyridine rings is 1. The van der Waals surface area contributed by atoms with Crippen LogP contribution in [0.1, 0.15) is 54.9 Å². The van der Waals surface area contributed by atoms with Crippen LogP contribution >= 0.6 is 0 Å². The fraction of sp³-hybridized carbons (Fsp3) is 0.382. The molecule has 2 amide bonds. The Hall–Kier alpha value is -4.21. The van der Waals surface area contributed by atoms with Crippen molar-refractivity contribution < 1.29 is 14.3 Å². The molecule has 1 saturated heterocycles. The van der Waals surface area contributed by atoms with E-state index in [-0.39, 0.29) is 11.9 Å². The Kier molecular flexibility index (Phi) is 9.74. The molecule has 4 aromatic rings. The summed E-state index contributed by atoms with van der Waals surface area (Å²) >= 11 is 0. The monoisotopic (exact) mass is 582 g/mol. The number of benzene rings is 2. The summed E-state index contributed by atoms with van der Waals surface area (Å²) in [7, 11) is 3.31. The average Bonchev–Trinajstić information content (AvgIpc) is 3.46. The third-order valence-electron chi connectivity index (χ3n) is 8.35. The lowest BCUT2D eigenvalue weighted by atomic mass is 9.88. The molecule has 2 aromatic carbocycles. The number of amides is 2. The molecule has 0 bridgehead atoms. The Labute approximate surface area is 253 Å². The van der Waals surface area contributed by atoms with E-state index in [2.05, 4.69) is 57.5 Å². The zero-order valence-corrected chi connectivity index (χ0v) is 25.5. The van der Waals surface area contributed by atoms with E-state index in [0.29, 0.717) is 36.5 Å². The first-order valence-corrected chi connectivity index (χ1v) is 15.1. The summed E-state index contributed by atoms with van der Waals surface area (Å²) in [5, 5.41) is 6.61. The first-order chi connectivity index (χ1) is 20.9. The summed E-state index contributed by atoms with van der Waals surface area (Å²) in [6.45, 7) is 8.06. The Morgan fingerprint density at radius 2 is 1.77 bits per heavy atom. The third kappa shape index (κ3) is 7.06. The molecule has 1 fully saturated rings. The molecule has 0 radical (unpaired) electrons. The van der Waals surface area contributed by atoms with E-state index in [9.17, 15) is 9.59 Å². The van der Waals surface area contributed by atoms with Crippen molar-refractivity contribution >= 4 is 40.0 Å². The molecule has 43 heavy (non-hydrogen) atoms. The number of aromatic nitrogens is 2. The van der Waals surface area contributed by atoms with E-state index in [1.54, 1.807) is 31.1 Å². The number of hydrogen-bond donors (Lipinski definition) is 2. The van der Waals surface area contributed by atoms with Gasteiger partial charge in [-0.1, -0.05) is 12.1 Å². The van der Waals surface area contributed by atoms with E-state index in [4.69, 9.17) is 4.74 Å². The number of hydrogen-bond acceptors (Lipinski definition) is 6. The molecule has 226 valence electrons. The quantitative estimate of drug-likeness (QED) is 0.215. The Morgan fingerprint density at radius 3 is 2.47 bits per heavy atom. The van der Waals surface area contributed by atoms with Gasteiger partial charge in [-0.2, -0.15) is 0 Å². The third-order valence-corrected chi connectivity index (χ3v) is 8.35. The van der Waals surface area contributed by atoms with Crippen molar-refractivity contribution in [3.05, 3.63) is 84.2 Å². The van der Waals surface area contributed by atoms with Gasteiger partial charge in [0, 0.05) is 74.1 Å². The van der Waals surface area contributed by atoms with Crippen molar-refractivity contribution in [1.82, 2.24) is 19.8 Å². The highest BCUT2D eigenvalue weighted by Crippen LogP contribution is 2.31. The summed E-state index contributed by atoms with van der Waals surface area (Å²) in [4.78, 5) is 34.6. The van der Waals surface area contributed by atoms with Gasteiger partial charge in [0.2, 0.25) is 0 Å². The van der Waals surface area contributed by atoms with E-state index >= 15 is 0 Å². The van der Waals surface area contributed by atoms with E-state index in [0.717, 1.165) is 54.6 Å². The number of nitrogens with one attached hydrogen (secondary N) is 2. The number of likely N-dealkylation sites (tertiary alicyclic amines) is 1. The van der Waals surface area contributed by atoms with Gasteiger partial charge in [-0.3, -0.25) is 9.36 Å². The molecule has 0 aliphatic carbocycles. The lowest BCUT2D eigenvalue weighted by Crippen LogP contribution is -2.37. The standard InChI is InChI=1S/C34H42N6O3/c1-24(2)38-18-13-26(14-19-38)25-6-8-27(9-7-25)33(41)37-32-23-30(12-16-36-32)39(17-5-21-43-4)29-10-11-31-28(22-29)15-20-40(31)34(42)35-3/h6-12,15-16,20,22-24,26H,5,13-14,17-19,21H2,1-4H3,(H,35,42)(H,36,37,41). The zero-order chi connectivity index (χ0) is 30.3. The highest BCUT2D eigenvalue weighted by atomic mass is 16.5. The highest BCUT2D eigenvalue weighted by molar-refractivity contribution is 6.04. The van der Waals surface area contributed by atoms with Crippen LogP contribution in [0.3, 0.4) is 0 Å². The van der Waals surface area contributed by atoms with Crippen LogP contribution in [0.4, 0.5) is 22.0 Å². The summed E-state index contributed by atoms with van der Waals surface area (Å²) in [6, 6.07) is 20.2. The maximum Gasteiger partial charge on any atom is 0.325 e. The SMILES string of the molecule is CNC(=O)n1ccc2cc(N(CCCOC)c3ccnc(NC(=O)c4ccc(C5CCN(C(C)C)CC5)cc4)c3)ccc21. The van der Waals surface area contributed by atoms with Gasteiger partial charge in [-0.05, 0) is 100 Å². The summed E-state index contributed by atoms with van der Waals surface area (Å²) in [5.74, 6) is 0.834. The van der Waals surface area contributed by atoms with Crippen LogP contribution in [0.25, 0.3) is 10.9 Å². The van der Waals surface area contributed by atoms with Crippen molar-refractivity contribution in [3.8, 4) is 0 Å². The number of carbonyl (C=O) groups is 2. The fourth-order valence-electron chi connectivity index (χ4n) is 5.87. The second-order valence-corrected chi connectivity index (χ2v) is 11.4. The normalized spacial score (nSPS) is 14.3. The van der Waals surface area contributed by atoms with Crippen molar-refractivity contribution in [2.24, 2.45) is 0 Å². The van der Waals surface area contributed by atoms with Crippen molar-refractivity contribution in [2.75, 3.05) is 50.6 Å². The number of anilines is 3. The second kappa shape index (κ2) is 13.8. The molecule has 3 heterocycles.